The fourth-order valence-electron chi connectivity index (χ4n) is 2.48. The van der Waals surface area contributed by atoms with Crippen LogP contribution in [0, 0.1) is 5.82 Å². The highest BCUT2D eigenvalue weighted by molar-refractivity contribution is 7.98. The number of aryl methyl sites for hydroxylation is 1. The van der Waals surface area contributed by atoms with Gasteiger partial charge in [0.25, 0.3) is 0 Å². The lowest BCUT2D eigenvalue weighted by molar-refractivity contribution is 0.393. The Hall–Kier alpha value is -2.80. The van der Waals surface area contributed by atoms with Gasteiger partial charge >= 0.3 is 0 Å². The number of nitrogens with zero attached hydrogens (tertiary/aromatic N) is 2. The summed E-state index contributed by atoms with van der Waals surface area (Å²) in [6, 6.07) is 13.7. The second-order valence-corrected chi connectivity index (χ2v) is 6.82. The largest absolute Gasteiger partial charge is 0.497 e. The van der Waals surface area contributed by atoms with Crippen LogP contribution in [0.15, 0.2) is 53.7 Å². The first kappa shape index (κ1) is 19.9. The molecule has 0 saturated heterocycles. The summed E-state index contributed by atoms with van der Waals surface area (Å²) in [5, 5.41) is 0.562. The molecule has 0 aliphatic heterocycles. The third kappa shape index (κ3) is 5.13. The van der Waals surface area contributed by atoms with Gasteiger partial charge in [0.1, 0.15) is 11.5 Å². The molecule has 0 N–H and O–H groups in total. The van der Waals surface area contributed by atoms with Crippen molar-refractivity contribution in [1.29, 1.82) is 0 Å². The molecular formula is C21H21FN2O3S. The maximum atomic E-state index is 13.9. The van der Waals surface area contributed by atoms with E-state index in [1.54, 1.807) is 38.5 Å². The number of para-hydroxylation sites is 1. The Kier molecular flexibility index (Phi) is 6.71. The molecule has 0 radical (unpaired) electrons. The van der Waals surface area contributed by atoms with Crippen molar-refractivity contribution in [1.82, 2.24) is 9.97 Å². The molecule has 28 heavy (non-hydrogen) atoms. The normalized spacial score (nSPS) is 10.6. The van der Waals surface area contributed by atoms with Crippen LogP contribution >= 0.6 is 11.8 Å². The predicted molar refractivity (Wildman–Crippen MR) is 107 cm³/mol. The molecule has 2 aromatic carbocycles. The zero-order valence-corrected chi connectivity index (χ0v) is 16.8. The van der Waals surface area contributed by atoms with E-state index in [0.717, 1.165) is 29.2 Å². The Labute approximate surface area is 167 Å². The van der Waals surface area contributed by atoms with Crippen molar-refractivity contribution in [2.75, 3.05) is 14.2 Å². The Morgan fingerprint density at radius 1 is 0.964 bits per heavy atom. The minimum absolute atomic E-state index is 0.136. The highest BCUT2D eigenvalue weighted by atomic mass is 32.2. The van der Waals surface area contributed by atoms with Crippen molar-refractivity contribution >= 4 is 11.8 Å². The van der Waals surface area contributed by atoms with Crippen LogP contribution in [-0.4, -0.2) is 24.2 Å². The molecule has 0 aliphatic carbocycles. The average molecular weight is 400 g/mol. The molecule has 1 heterocycles. The molecule has 0 unspecified atom stereocenters. The van der Waals surface area contributed by atoms with E-state index in [1.807, 2.05) is 25.1 Å². The molecule has 0 atom stereocenters. The van der Waals surface area contributed by atoms with Gasteiger partial charge in [-0.05, 0) is 36.2 Å². The van der Waals surface area contributed by atoms with E-state index in [4.69, 9.17) is 14.2 Å². The minimum Gasteiger partial charge on any atom is -0.497 e. The fraction of sp³-hybridized carbons (Fsp3) is 0.238. The SMILES string of the molecule is CCc1cc(Oc2ccccc2F)nc(SCc2cc(OC)cc(OC)c2)n1. The lowest BCUT2D eigenvalue weighted by Gasteiger charge is -2.10. The first-order chi connectivity index (χ1) is 13.6. The van der Waals surface area contributed by atoms with E-state index in [9.17, 15) is 4.39 Å². The van der Waals surface area contributed by atoms with Gasteiger partial charge in [-0.3, -0.25) is 0 Å². The fourth-order valence-corrected chi connectivity index (χ4v) is 3.28. The standard InChI is InChI=1S/C21H21FN2O3S/c1-4-15-11-20(27-19-8-6-5-7-18(19)22)24-21(23-15)28-13-14-9-16(25-2)12-17(10-14)26-3/h5-12H,4,13H2,1-3H3. The molecule has 3 aromatic rings. The lowest BCUT2D eigenvalue weighted by Crippen LogP contribution is -1.98. The summed E-state index contributed by atoms with van der Waals surface area (Å²) >= 11 is 1.46. The summed E-state index contributed by atoms with van der Waals surface area (Å²) in [5.41, 5.74) is 1.84. The Morgan fingerprint density at radius 2 is 1.68 bits per heavy atom. The molecule has 0 saturated carbocycles. The van der Waals surface area contributed by atoms with Crippen LogP contribution in [0.5, 0.6) is 23.1 Å². The van der Waals surface area contributed by atoms with Crippen molar-refractivity contribution in [3.8, 4) is 23.1 Å². The van der Waals surface area contributed by atoms with E-state index in [2.05, 4.69) is 9.97 Å². The van der Waals surface area contributed by atoms with Crippen molar-refractivity contribution in [3.63, 3.8) is 0 Å². The smallest absolute Gasteiger partial charge is 0.223 e. The summed E-state index contributed by atoms with van der Waals surface area (Å²) in [5.74, 6) is 2.10. The van der Waals surface area contributed by atoms with Gasteiger partial charge in [-0.1, -0.05) is 30.8 Å². The summed E-state index contributed by atoms with van der Waals surface area (Å²) in [6.45, 7) is 2.00. The van der Waals surface area contributed by atoms with Gasteiger partial charge in [-0.15, -0.1) is 0 Å². The molecule has 0 amide bonds. The second kappa shape index (κ2) is 9.41. The Morgan fingerprint density at radius 3 is 2.32 bits per heavy atom. The van der Waals surface area contributed by atoms with Gasteiger partial charge in [0.05, 0.1) is 14.2 Å². The van der Waals surface area contributed by atoms with Crippen LogP contribution in [0.1, 0.15) is 18.2 Å². The molecule has 7 heteroatoms. The molecule has 146 valence electrons. The molecule has 3 rings (SSSR count). The number of thioether (sulfide) groups is 1. The van der Waals surface area contributed by atoms with E-state index in [0.29, 0.717) is 16.8 Å². The number of halogens is 1. The number of benzene rings is 2. The van der Waals surface area contributed by atoms with Crippen LogP contribution in [0.2, 0.25) is 0 Å². The minimum atomic E-state index is -0.433. The van der Waals surface area contributed by atoms with Gasteiger partial charge in [-0.25, -0.2) is 9.37 Å². The number of rotatable bonds is 8. The summed E-state index contributed by atoms with van der Waals surface area (Å²) in [4.78, 5) is 8.95. The van der Waals surface area contributed by atoms with Crippen LogP contribution in [-0.2, 0) is 12.2 Å². The van der Waals surface area contributed by atoms with Crippen LogP contribution in [0.3, 0.4) is 0 Å². The number of methoxy groups -OCH3 is 2. The average Bonchev–Trinajstić information content (AvgIpc) is 2.73. The van der Waals surface area contributed by atoms with Gasteiger partial charge in [0.15, 0.2) is 16.7 Å². The predicted octanol–water partition coefficient (Wildman–Crippen LogP) is 5.28. The van der Waals surface area contributed by atoms with Gasteiger partial charge in [0, 0.05) is 23.6 Å². The summed E-state index contributed by atoms with van der Waals surface area (Å²) < 4.78 is 30.1. The van der Waals surface area contributed by atoms with E-state index < -0.39 is 5.82 Å². The number of aromatic nitrogens is 2. The molecule has 0 bridgehead atoms. The zero-order chi connectivity index (χ0) is 19.9. The topological polar surface area (TPSA) is 53.5 Å². The van der Waals surface area contributed by atoms with Crippen molar-refractivity contribution in [2.45, 2.75) is 24.3 Å². The summed E-state index contributed by atoms with van der Waals surface area (Å²) in [7, 11) is 3.23. The number of hydrogen-bond acceptors (Lipinski definition) is 6. The highest BCUT2D eigenvalue weighted by Crippen LogP contribution is 2.29. The Balaban J connectivity index is 1.79. The molecule has 0 spiro atoms. The third-order valence-electron chi connectivity index (χ3n) is 3.93. The molecule has 5 nitrogen and oxygen atoms in total. The maximum absolute atomic E-state index is 13.9. The second-order valence-electron chi connectivity index (χ2n) is 5.88. The molecule has 0 aliphatic rings. The maximum Gasteiger partial charge on any atom is 0.223 e. The van der Waals surface area contributed by atoms with Crippen molar-refractivity contribution < 1.29 is 18.6 Å². The van der Waals surface area contributed by atoms with Gasteiger partial charge in [-0.2, -0.15) is 4.98 Å². The van der Waals surface area contributed by atoms with Crippen LogP contribution in [0.25, 0.3) is 0 Å². The van der Waals surface area contributed by atoms with Crippen LogP contribution < -0.4 is 14.2 Å². The monoisotopic (exact) mass is 400 g/mol. The van der Waals surface area contributed by atoms with E-state index in [-0.39, 0.29) is 5.75 Å². The lowest BCUT2D eigenvalue weighted by atomic mass is 10.2. The summed E-state index contributed by atoms with van der Waals surface area (Å²) in [6.07, 6.45) is 0.719. The first-order valence-electron chi connectivity index (χ1n) is 8.76. The van der Waals surface area contributed by atoms with E-state index >= 15 is 0 Å². The Bertz CT molecular complexity index is 930. The number of ether oxygens (including phenoxy) is 3. The molecule has 1 aromatic heterocycles. The molecule has 0 fully saturated rings. The van der Waals surface area contributed by atoms with Crippen molar-refractivity contribution in [3.05, 3.63) is 65.6 Å². The van der Waals surface area contributed by atoms with E-state index in [1.165, 1.54) is 17.8 Å². The first-order valence-corrected chi connectivity index (χ1v) is 9.75. The van der Waals surface area contributed by atoms with Crippen LogP contribution in [0.4, 0.5) is 4.39 Å². The van der Waals surface area contributed by atoms with Crippen molar-refractivity contribution in [2.24, 2.45) is 0 Å². The molecular weight excluding hydrogens is 379 g/mol. The van der Waals surface area contributed by atoms with Gasteiger partial charge in [0.2, 0.25) is 5.88 Å². The van der Waals surface area contributed by atoms with Gasteiger partial charge < -0.3 is 14.2 Å². The quantitative estimate of drug-likeness (QED) is 0.379. The number of hydrogen-bond donors (Lipinski definition) is 0. The highest BCUT2D eigenvalue weighted by Gasteiger charge is 2.10. The zero-order valence-electron chi connectivity index (χ0n) is 15.9. The third-order valence-corrected chi connectivity index (χ3v) is 4.85.